The molecule has 0 amide bonds. The van der Waals surface area contributed by atoms with E-state index in [2.05, 4.69) is 0 Å². The molecule has 0 saturated carbocycles. The van der Waals surface area contributed by atoms with E-state index < -0.39 is 4.92 Å². The SMILES string of the molecule is CCc1ccc(Oc2ccc(C#N)cc2)c([N+](=O)[O-])c1. The van der Waals surface area contributed by atoms with Crippen LogP contribution in [0.4, 0.5) is 5.69 Å². The van der Waals surface area contributed by atoms with Gasteiger partial charge in [-0.05, 0) is 42.3 Å². The predicted octanol–water partition coefficient (Wildman–Crippen LogP) is 3.82. The summed E-state index contributed by atoms with van der Waals surface area (Å²) >= 11 is 0. The first-order chi connectivity index (χ1) is 9.63. The summed E-state index contributed by atoms with van der Waals surface area (Å²) in [6, 6.07) is 13.3. The summed E-state index contributed by atoms with van der Waals surface area (Å²) in [5.41, 5.74) is 1.32. The maximum Gasteiger partial charge on any atom is 0.311 e. The second-order valence-electron chi connectivity index (χ2n) is 4.15. The van der Waals surface area contributed by atoms with Crippen molar-refractivity contribution in [3.63, 3.8) is 0 Å². The normalized spacial score (nSPS) is 9.80. The number of ether oxygens (including phenoxy) is 1. The Balaban J connectivity index is 2.32. The van der Waals surface area contributed by atoms with Gasteiger partial charge >= 0.3 is 5.69 Å². The number of benzene rings is 2. The summed E-state index contributed by atoms with van der Waals surface area (Å²) in [6.45, 7) is 1.93. The van der Waals surface area contributed by atoms with Gasteiger partial charge in [0.15, 0.2) is 0 Å². The molecule has 2 aromatic rings. The zero-order chi connectivity index (χ0) is 14.5. The highest BCUT2D eigenvalue weighted by Gasteiger charge is 2.16. The van der Waals surface area contributed by atoms with Crippen LogP contribution in [0, 0.1) is 21.4 Å². The van der Waals surface area contributed by atoms with Gasteiger partial charge in [0.05, 0.1) is 16.6 Å². The van der Waals surface area contributed by atoms with Crippen LogP contribution < -0.4 is 4.74 Å². The Morgan fingerprint density at radius 3 is 2.50 bits per heavy atom. The maximum absolute atomic E-state index is 11.1. The van der Waals surface area contributed by atoms with Crippen molar-refractivity contribution in [2.75, 3.05) is 0 Å². The van der Waals surface area contributed by atoms with Crippen LogP contribution in [0.2, 0.25) is 0 Å². The average Bonchev–Trinajstić information content (AvgIpc) is 2.48. The molecule has 20 heavy (non-hydrogen) atoms. The Morgan fingerprint density at radius 2 is 1.95 bits per heavy atom. The van der Waals surface area contributed by atoms with Gasteiger partial charge in [-0.15, -0.1) is 0 Å². The second-order valence-corrected chi connectivity index (χ2v) is 4.15. The summed E-state index contributed by atoms with van der Waals surface area (Å²) < 4.78 is 5.52. The van der Waals surface area contributed by atoms with Gasteiger partial charge in [0.1, 0.15) is 5.75 Å². The third kappa shape index (κ3) is 2.93. The van der Waals surface area contributed by atoms with Gasteiger partial charge in [0.2, 0.25) is 5.75 Å². The molecule has 5 nitrogen and oxygen atoms in total. The molecule has 0 atom stereocenters. The fourth-order valence-electron chi connectivity index (χ4n) is 1.74. The Hall–Kier alpha value is -2.87. The first-order valence-electron chi connectivity index (χ1n) is 6.09. The van der Waals surface area contributed by atoms with Crippen molar-refractivity contribution in [1.82, 2.24) is 0 Å². The third-order valence-corrected chi connectivity index (χ3v) is 2.84. The maximum atomic E-state index is 11.1. The number of nitro groups is 1. The van der Waals surface area contributed by atoms with Crippen LogP contribution >= 0.6 is 0 Å². The molecule has 0 aliphatic heterocycles. The average molecular weight is 268 g/mol. The number of hydrogen-bond donors (Lipinski definition) is 0. The van der Waals surface area contributed by atoms with Gasteiger partial charge in [-0.25, -0.2) is 0 Å². The molecule has 0 fully saturated rings. The van der Waals surface area contributed by atoms with Crippen LogP contribution in [0.5, 0.6) is 11.5 Å². The smallest absolute Gasteiger partial charge is 0.311 e. The first kappa shape index (κ1) is 13.6. The number of nitro benzene ring substituents is 1. The molecule has 100 valence electrons. The highest BCUT2D eigenvalue weighted by atomic mass is 16.6. The van der Waals surface area contributed by atoms with Gasteiger partial charge in [-0.1, -0.05) is 13.0 Å². The first-order valence-corrected chi connectivity index (χ1v) is 6.09. The monoisotopic (exact) mass is 268 g/mol. The van der Waals surface area contributed by atoms with E-state index in [9.17, 15) is 10.1 Å². The molecule has 2 rings (SSSR count). The molecule has 5 heteroatoms. The summed E-state index contributed by atoms with van der Waals surface area (Å²) in [5, 5.41) is 19.8. The van der Waals surface area contributed by atoms with Crippen LogP contribution in [0.3, 0.4) is 0 Å². The molecule has 0 aliphatic rings. The number of nitrogens with zero attached hydrogens (tertiary/aromatic N) is 2. The minimum absolute atomic E-state index is 0.0614. The minimum Gasteiger partial charge on any atom is -0.450 e. The van der Waals surface area contributed by atoms with Crippen LogP contribution in [-0.4, -0.2) is 4.92 Å². The largest absolute Gasteiger partial charge is 0.450 e. The van der Waals surface area contributed by atoms with E-state index in [0.29, 0.717) is 11.3 Å². The molecule has 0 heterocycles. The van der Waals surface area contributed by atoms with E-state index in [-0.39, 0.29) is 11.4 Å². The van der Waals surface area contributed by atoms with E-state index in [0.717, 1.165) is 12.0 Å². The molecule has 0 spiro atoms. The lowest BCUT2D eigenvalue weighted by atomic mass is 10.1. The third-order valence-electron chi connectivity index (χ3n) is 2.84. The van der Waals surface area contributed by atoms with Crippen molar-refractivity contribution in [1.29, 1.82) is 5.26 Å². The molecular weight excluding hydrogens is 256 g/mol. The van der Waals surface area contributed by atoms with Gasteiger partial charge in [-0.3, -0.25) is 10.1 Å². The number of rotatable bonds is 4. The summed E-state index contributed by atoms with van der Waals surface area (Å²) in [6.07, 6.45) is 0.720. The number of hydrogen-bond acceptors (Lipinski definition) is 4. The van der Waals surface area contributed by atoms with Crippen LogP contribution in [0.15, 0.2) is 42.5 Å². The van der Waals surface area contributed by atoms with Crippen molar-refractivity contribution >= 4 is 5.69 Å². The summed E-state index contributed by atoms with van der Waals surface area (Å²) in [7, 11) is 0. The molecule has 0 saturated heterocycles. The fraction of sp³-hybridized carbons (Fsp3) is 0.133. The van der Waals surface area contributed by atoms with Gasteiger partial charge in [0.25, 0.3) is 0 Å². The highest BCUT2D eigenvalue weighted by molar-refractivity contribution is 5.51. The summed E-state index contributed by atoms with van der Waals surface area (Å²) in [4.78, 5) is 10.6. The zero-order valence-electron chi connectivity index (χ0n) is 10.9. The quantitative estimate of drug-likeness (QED) is 0.623. The second kappa shape index (κ2) is 5.85. The predicted molar refractivity (Wildman–Crippen MR) is 73.7 cm³/mol. The van der Waals surface area contributed by atoms with Crippen LogP contribution in [-0.2, 0) is 6.42 Å². The molecule has 0 aromatic heterocycles. The van der Waals surface area contributed by atoms with Crippen molar-refractivity contribution in [2.24, 2.45) is 0 Å². The molecule has 0 bridgehead atoms. The molecular formula is C15H12N2O3. The molecule has 0 aliphatic carbocycles. The van der Waals surface area contributed by atoms with Crippen molar-refractivity contribution in [2.45, 2.75) is 13.3 Å². The molecule has 0 radical (unpaired) electrons. The lowest BCUT2D eigenvalue weighted by molar-refractivity contribution is -0.385. The Morgan fingerprint density at radius 1 is 1.25 bits per heavy atom. The number of aryl methyl sites for hydroxylation is 1. The Bertz CT molecular complexity index is 673. The molecule has 2 aromatic carbocycles. The lowest BCUT2D eigenvalue weighted by Gasteiger charge is -2.07. The highest BCUT2D eigenvalue weighted by Crippen LogP contribution is 2.32. The van der Waals surface area contributed by atoms with Crippen molar-refractivity contribution in [3.8, 4) is 17.6 Å². The van der Waals surface area contributed by atoms with E-state index >= 15 is 0 Å². The van der Waals surface area contributed by atoms with E-state index in [1.807, 2.05) is 13.0 Å². The van der Waals surface area contributed by atoms with E-state index in [4.69, 9.17) is 10.00 Å². The van der Waals surface area contributed by atoms with Gasteiger partial charge < -0.3 is 4.74 Å². The standard InChI is InChI=1S/C15H12N2O3/c1-2-11-5-8-15(14(9-11)17(18)19)20-13-6-3-12(10-16)4-7-13/h3-9H,2H2,1H3. The molecule has 0 unspecified atom stereocenters. The van der Waals surface area contributed by atoms with Crippen molar-refractivity contribution in [3.05, 3.63) is 63.7 Å². The van der Waals surface area contributed by atoms with E-state index in [1.54, 1.807) is 36.4 Å². The van der Waals surface area contributed by atoms with Gasteiger partial charge in [-0.2, -0.15) is 5.26 Å². The Labute approximate surface area is 116 Å². The lowest BCUT2D eigenvalue weighted by Crippen LogP contribution is -1.95. The topological polar surface area (TPSA) is 76.2 Å². The zero-order valence-corrected chi connectivity index (χ0v) is 10.9. The number of nitriles is 1. The van der Waals surface area contributed by atoms with E-state index in [1.165, 1.54) is 6.07 Å². The van der Waals surface area contributed by atoms with Crippen molar-refractivity contribution < 1.29 is 9.66 Å². The Kier molecular flexibility index (Phi) is 3.96. The minimum atomic E-state index is -0.460. The van der Waals surface area contributed by atoms with Crippen LogP contribution in [0.1, 0.15) is 18.1 Å². The molecule has 0 N–H and O–H groups in total. The fourth-order valence-corrected chi connectivity index (χ4v) is 1.74. The van der Waals surface area contributed by atoms with Crippen LogP contribution in [0.25, 0.3) is 0 Å². The summed E-state index contributed by atoms with van der Waals surface area (Å²) in [5.74, 6) is 0.647. The van der Waals surface area contributed by atoms with Gasteiger partial charge in [0, 0.05) is 6.07 Å².